The van der Waals surface area contributed by atoms with Crippen LogP contribution in [0.15, 0.2) is 53.4 Å². The topological polar surface area (TPSA) is 75.7 Å². The summed E-state index contributed by atoms with van der Waals surface area (Å²) in [7, 11) is -3.73. The summed E-state index contributed by atoms with van der Waals surface area (Å²) in [4.78, 5) is 13.8. The van der Waals surface area contributed by atoms with E-state index in [4.69, 9.17) is 4.74 Å². The molecule has 1 atom stereocenters. The second-order valence-electron chi connectivity index (χ2n) is 7.08. The lowest BCUT2D eigenvalue weighted by Crippen LogP contribution is -2.43. The number of morpholine rings is 1. The maximum Gasteiger partial charge on any atom is 0.241 e. The normalized spacial score (nSPS) is 16.6. The van der Waals surface area contributed by atoms with Crippen LogP contribution in [-0.2, 0) is 14.8 Å². The number of ether oxygens (including phenoxy) is 1. The first-order valence-corrected chi connectivity index (χ1v) is 10.8. The summed E-state index contributed by atoms with van der Waals surface area (Å²) in [5.74, 6) is -0.0956. The van der Waals surface area contributed by atoms with Gasteiger partial charge in [-0.2, -0.15) is 0 Å². The van der Waals surface area contributed by atoms with E-state index in [0.29, 0.717) is 25.3 Å². The molecule has 0 aliphatic carbocycles. The van der Waals surface area contributed by atoms with E-state index in [2.05, 4.69) is 9.62 Å². The average Bonchev–Trinajstić information content (AvgIpc) is 2.69. The van der Waals surface area contributed by atoms with Gasteiger partial charge in [0.05, 0.1) is 24.2 Å². The Kier molecular flexibility index (Phi) is 6.61. The number of nitrogens with zero attached hydrogens (tertiary/aromatic N) is 1. The maximum absolute atomic E-state index is 13.0. The second-order valence-corrected chi connectivity index (χ2v) is 8.79. The lowest BCUT2D eigenvalue weighted by Gasteiger charge is -2.31. The lowest BCUT2D eigenvalue weighted by molar-refractivity contribution is 0.0345. The summed E-state index contributed by atoms with van der Waals surface area (Å²) in [6, 6.07) is 13.5. The van der Waals surface area contributed by atoms with Crippen molar-refractivity contribution < 1.29 is 17.9 Å². The van der Waals surface area contributed by atoms with Gasteiger partial charge in [-0.05, 0) is 31.5 Å². The van der Waals surface area contributed by atoms with Gasteiger partial charge in [-0.15, -0.1) is 0 Å². The molecule has 7 heteroatoms. The van der Waals surface area contributed by atoms with E-state index in [9.17, 15) is 13.2 Å². The first kappa shape index (κ1) is 20.7. The molecule has 1 heterocycles. The van der Waals surface area contributed by atoms with Gasteiger partial charge in [0, 0.05) is 25.2 Å². The van der Waals surface area contributed by atoms with E-state index in [0.717, 1.165) is 24.2 Å². The molecule has 0 bridgehead atoms. The number of Topliss-reactive ketones (excluding diaryl/α,β-unsaturated/α-hetero) is 1. The molecule has 2 aromatic rings. The molecule has 150 valence electrons. The number of carbonyl (C=O) groups is 1. The Bertz CT molecular complexity index is 902. The molecular weight excluding hydrogens is 376 g/mol. The molecule has 0 saturated carbocycles. The van der Waals surface area contributed by atoms with Crippen LogP contribution < -0.4 is 4.72 Å². The number of benzene rings is 2. The van der Waals surface area contributed by atoms with Gasteiger partial charge >= 0.3 is 0 Å². The first-order chi connectivity index (χ1) is 13.3. The molecule has 1 aliphatic heterocycles. The largest absolute Gasteiger partial charge is 0.379 e. The van der Waals surface area contributed by atoms with Gasteiger partial charge in [0.1, 0.15) is 0 Å². The van der Waals surface area contributed by atoms with Crippen molar-refractivity contribution >= 4 is 15.8 Å². The highest BCUT2D eigenvalue weighted by Gasteiger charge is 2.24. The summed E-state index contributed by atoms with van der Waals surface area (Å²) in [6.07, 6.45) is 0. The molecule has 1 unspecified atom stereocenters. The van der Waals surface area contributed by atoms with Crippen molar-refractivity contribution in [2.24, 2.45) is 0 Å². The van der Waals surface area contributed by atoms with Gasteiger partial charge in [0.2, 0.25) is 10.0 Å². The highest BCUT2D eigenvalue weighted by molar-refractivity contribution is 7.89. The van der Waals surface area contributed by atoms with Crippen LogP contribution in [0.1, 0.15) is 34.5 Å². The first-order valence-electron chi connectivity index (χ1n) is 9.35. The number of aryl methyl sites for hydroxylation is 1. The third kappa shape index (κ3) is 5.26. The van der Waals surface area contributed by atoms with Crippen molar-refractivity contribution in [1.29, 1.82) is 0 Å². The van der Waals surface area contributed by atoms with Gasteiger partial charge in [0.15, 0.2) is 5.78 Å². The predicted molar refractivity (Wildman–Crippen MR) is 108 cm³/mol. The quantitative estimate of drug-likeness (QED) is 0.721. The average molecular weight is 403 g/mol. The zero-order chi connectivity index (χ0) is 20.1. The van der Waals surface area contributed by atoms with Crippen LogP contribution in [0.3, 0.4) is 0 Å². The van der Waals surface area contributed by atoms with Gasteiger partial charge in [-0.3, -0.25) is 9.69 Å². The minimum atomic E-state index is -3.73. The molecule has 0 spiro atoms. The van der Waals surface area contributed by atoms with E-state index in [1.54, 1.807) is 12.1 Å². The van der Waals surface area contributed by atoms with Crippen LogP contribution in [0, 0.1) is 6.92 Å². The van der Waals surface area contributed by atoms with E-state index in [-0.39, 0.29) is 16.7 Å². The molecule has 0 amide bonds. The Morgan fingerprint density at radius 2 is 1.68 bits per heavy atom. The SMILES string of the molecule is CC(=O)c1ccc(S(=O)(=O)NC(CN2CCOCC2)c2ccc(C)cc2)cc1. The number of ketones is 1. The summed E-state index contributed by atoms with van der Waals surface area (Å²) in [5.41, 5.74) is 2.53. The van der Waals surface area contributed by atoms with E-state index in [1.165, 1.54) is 19.1 Å². The number of sulfonamides is 1. The van der Waals surface area contributed by atoms with Gasteiger partial charge in [0.25, 0.3) is 0 Å². The molecule has 1 fully saturated rings. The Balaban J connectivity index is 1.84. The third-order valence-corrected chi connectivity index (χ3v) is 6.38. The molecule has 3 rings (SSSR count). The Hall–Kier alpha value is -2.06. The highest BCUT2D eigenvalue weighted by atomic mass is 32.2. The zero-order valence-electron chi connectivity index (χ0n) is 16.2. The van der Waals surface area contributed by atoms with Crippen molar-refractivity contribution in [3.63, 3.8) is 0 Å². The van der Waals surface area contributed by atoms with Crippen molar-refractivity contribution in [1.82, 2.24) is 9.62 Å². The van der Waals surface area contributed by atoms with Crippen molar-refractivity contribution in [2.75, 3.05) is 32.8 Å². The smallest absolute Gasteiger partial charge is 0.241 e. The van der Waals surface area contributed by atoms with Gasteiger partial charge in [-0.25, -0.2) is 13.1 Å². The van der Waals surface area contributed by atoms with Crippen LogP contribution in [-0.4, -0.2) is 51.9 Å². The molecule has 0 aromatic heterocycles. The zero-order valence-corrected chi connectivity index (χ0v) is 17.0. The fourth-order valence-electron chi connectivity index (χ4n) is 3.18. The number of nitrogens with one attached hydrogen (secondary N) is 1. The predicted octanol–water partition coefficient (Wildman–Crippen LogP) is 2.55. The Morgan fingerprint density at radius 1 is 1.07 bits per heavy atom. The maximum atomic E-state index is 13.0. The number of carbonyl (C=O) groups excluding carboxylic acids is 1. The lowest BCUT2D eigenvalue weighted by atomic mass is 10.1. The van der Waals surface area contributed by atoms with Crippen LogP contribution in [0.4, 0.5) is 0 Å². The number of hydrogen-bond acceptors (Lipinski definition) is 5. The third-order valence-electron chi connectivity index (χ3n) is 4.89. The monoisotopic (exact) mass is 402 g/mol. The summed E-state index contributed by atoms with van der Waals surface area (Å²) < 4.78 is 34.2. The highest BCUT2D eigenvalue weighted by Crippen LogP contribution is 2.20. The van der Waals surface area contributed by atoms with Crippen molar-refractivity contribution in [2.45, 2.75) is 24.8 Å². The molecule has 28 heavy (non-hydrogen) atoms. The van der Waals surface area contributed by atoms with Crippen molar-refractivity contribution in [3.8, 4) is 0 Å². The van der Waals surface area contributed by atoms with E-state index >= 15 is 0 Å². The fourth-order valence-corrected chi connectivity index (χ4v) is 4.39. The standard InChI is InChI=1S/C21H26N2O4S/c1-16-3-5-19(6-4-16)21(15-23-11-13-27-14-12-23)22-28(25,26)20-9-7-18(8-10-20)17(2)24/h3-10,21-22H,11-15H2,1-2H3. The Labute approximate surface area is 166 Å². The van der Waals surface area contributed by atoms with Gasteiger partial charge in [-0.1, -0.05) is 42.0 Å². The van der Waals surface area contributed by atoms with Crippen LogP contribution in [0.25, 0.3) is 0 Å². The summed E-state index contributed by atoms with van der Waals surface area (Å²) in [6.45, 7) is 6.88. The van der Waals surface area contributed by atoms with E-state index in [1.807, 2.05) is 31.2 Å². The summed E-state index contributed by atoms with van der Waals surface area (Å²) in [5, 5.41) is 0. The molecule has 1 N–H and O–H groups in total. The molecule has 1 saturated heterocycles. The van der Waals surface area contributed by atoms with Crippen molar-refractivity contribution in [3.05, 3.63) is 65.2 Å². The number of hydrogen-bond donors (Lipinski definition) is 1. The van der Waals surface area contributed by atoms with Crippen LogP contribution >= 0.6 is 0 Å². The summed E-state index contributed by atoms with van der Waals surface area (Å²) >= 11 is 0. The van der Waals surface area contributed by atoms with E-state index < -0.39 is 10.0 Å². The minimum absolute atomic E-state index is 0.0956. The molecule has 0 radical (unpaired) electrons. The molecule has 1 aliphatic rings. The minimum Gasteiger partial charge on any atom is -0.379 e. The second kappa shape index (κ2) is 8.96. The molecule has 6 nitrogen and oxygen atoms in total. The molecule has 2 aromatic carbocycles. The Morgan fingerprint density at radius 3 is 2.25 bits per heavy atom. The van der Waals surface area contributed by atoms with Gasteiger partial charge < -0.3 is 4.74 Å². The fraction of sp³-hybridized carbons (Fsp3) is 0.381. The van der Waals surface area contributed by atoms with Crippen LogP contribution in [0.2, 0.25) is 0 Å². The van der Waals surface area contributed by atoms with Crippen LogP contribution in [0.5, 0.6) is 0 Å². The molecular formula is C21H26N2O4S. The number of rotatable bonds is 7.